The third kappa shape index (κ3) is 3.62. The lowest BCUT2D eigenvalue weighted by atomic mass is 9.79. The first-order valence-electron chi connectivity index (χ1n) is 7.17. The molecule has 1 aromatic carbocycles. The second kappa shape index (κ2) is 6.60. The Morgan fingerprint density at radius 1 is 1.35 bits per heavy atom. The number of nitrogens with one attached hydrogen (secondary N) is 1. The molecule has 0 heterocycles. The lowest BCUT2D eigenvalue weighted by molar-refractivity contribution is -0.143. The third-order valence-corrected chi connectivity index (χ3v) is 3.85. The molecule has 0 radical (unpaired) electrons. The van der Waals surface area contributed by atoms with Crippen molar-refractivity contribution in [2.75, 3.05) is 12.4 Å². The summed E-state index contributed by atoms with van der Waals surface area (Å²) in [5.41, 5.74) is 2.32. The van der Waals surface area contributed by atoms with Crippen molar-refractivity contribution in [1.29, 1.82) is 0 Å². The summed E-state index contributed by atoms with van der Waals surface area (Å²) in [6.07, 6.45) is 4.26. The minimum atomic E-state index is -0.284. The fourth-order valence-corrected chi connectivity index (χ4v) is 3.06. The topological polar surface area (TPSA) is 38.3 Å². The van der Waals surface area contributed by atoms with Crippen molar-refractivity contribution >= 4 is 11.7 Å². The van der Waals surface area contributed by atoms with Gasteiger partial charge in [0.1, 0.15) is 6.04 Å². The molecule has 1 aromatic rings. The first-order chi connectivity index (χ1) is 9.60. The summed E-state index contributed by atoms with van der Waals surface area (Å²) in [4.78, 5) is 12.1. The van der Waals surface area contributed by atoms with Crippen LogP contribution in [0.2, 0.25) is 0 Å². The molecule has 1 aliphatic carbocycles. The number of hydrogen-bond acceptors (Lipinski definition) is 3. The van der Waals surface area contributed by atoms with Crippen LogP contribution in [0, 0.1) is 11.8 Å². The number of carbonyl (C=O) groups is 1. The van der Waals surface area contributed by atoms with Crippen LogP contribution in [0.5, 0.6) is 0 Å². The highest BCUT2D eigenvalue weighted by Crippen LogP contribution is 2.31. The van der Waals surface area contributed by atoms with Gasteiger partial charge in [-0.15, -0.1) is 0 Å². The van der Waals surface area contributed by atoms with E-state index in [1.54, 1.807) is 0 Å². The predicted molar refractivity (Wildman–Crippen MR) is 81.5 cm³/mol. The van der Waals surface area contributed by atoms with E-state index < -0.39 is 0 Å². The van der Waals surface area contributed by atoms with E-state index in [4.69, 9.17) is 4.74 Å². The fraction of sp³-hybridized carbons (Fsp3) is 0.471. The van der Waals surface area contributed by atoms with Gasteiger partial charge in [-0.3, -0.25) is 0 Å². The Balaban J connectivity index is 2.16. The molecule has 0 saturated carbocycles. The number of benzene rings is 1. The number of methoxy groups -OCH3 is 1. The molecule has 3 unspecified atom stereocenters. The molecule has 3 atom stereocenters. The monoisotopic (exact) mass is 273 g/mol. The SMILES string of the molecule is COC(=O)C(Nc1ccccc1)C1CC(C)=CC(C)C1. The molecular weight excluding hydrogens is 250 g/mol. The number of esters is 1. The molecule has 3 nitrogen and oxygen atoms in total. The normalized spacial score (nSPS) is 23.6. The summed E-state index contributed by atoms with van der Waals surface area (Å²) in [6.45, 7) is 4.34. The van der Waals surface area contributed by atoms with Crippen LogP contribution in [-0.2, 0) is 9.53 Å². The Hall–Kier alpha value is -1.77. The van der Waals surface area contributed by atoms with E-state index in [2.05, 4.69) is 25.2 Å². The minimum Gasteiger partial charge on any atom is -0.467 e. The molecule has 1 aliphatic rings. The number of anilines is 1. The summed E-state index contributed by atoms with van der Waals surface area (Å²) in [6, 6.07) is 9.56. The first kappa shape index (κ1) is 14.6. The van der Waals surface area contributed by atoms with Gasteiger partial charge >= 0.3 is 5.97 Å². The minimum absolute atomic E-state index is 0.180. The maximum atomic E-state index is 12.1. The molecule has 2 rings (SSSR count). The van der Waals surface area contributed by atoms with Crippen LogP contribution in [0.4, 0.5) is 5.69 Å². The molecule has 1 N–H and O–H groups in total. The number of rotatable bonds is 4. The number of ether oxygens (including phenoxy) is 1. The highest BCUT2D eigenvalue weighted by molar-refractivity contribution is 5.79. The lowest BCUT2D eigenvalue weighted by Gasteiger charge is -2.31. The molecule has 3 heteroatoms. The third-order valence-electron chi connectivity index (χ3n) is 3.85. The zero-order valence-corrected chi connectivity index (χ0v) is 12.4. The van der Waals surface area contributed by atoms with Gasteiger partial charge in [0.25, 0.3) is 0 Å². The second-order valence-corrected chi connectivity index (χ2v) is 5.70. The number of allylic oxidation sites excluding steroid dienone is 2. The fourth-order valence-electron chi connectivity index (χ4n) is 3.06. The Bertz CT molecular complexity index is 481. The average Bonchev–Trinajstić information content (AvgIpc) is 2.44. The quantitative estimate of drug-likeness (QED) is 0.672. The van der Waals surface area contributed by atoms with Gasteiger partial charge in [0.05, 0.1) is 7.11 Å². The molecule has 0 aromatic heterocycles. The Morgan fingerprint density at radius 2 is 2.05 bits per heavy atom. The van der Waals surface area contributed by atoms with Gasteiger partial charge in [-0.2, -0.15) is 0 Å². The molecule has 20 heavy (non-hydrogen) atoms. The summed E-state index contributed by atoms with van der Waals surface area (Å²) < 4.78 is 4.99. The van der Waals surface area contributed by atoms with Crippen molar-refractivity contribution in [3.05, 3.63) is 42.0 Å². The zero-order chi connectivity index (χ0) is 14.5. The predicted octanol–water partition coefficient (Wildman–Crippen LogP) is 3.63. The first-order valence-corrected chi connectivity index (χ1v) is 7.17. The van der Waals surface area contributed by atoms with Crippen molar-refractivity contribution in [3.63, 3.8) is 0 Å². The van der Waals surface area contributed by atoms with E-state index in [1.165, 1.54) is 12.7 Å². The van der Waals surface area contributed by atoms with E-state index in [1.807, 2.05) is 30.3 Å². The Labute approximate surface area is 121 Å². The number of hydrogen-bond donors (Lipinski definition) is 1. The van der Waals surface area contributed by atoms with E-state index in [-0.39, 0.29) is 17.9 Å². The maximum absolute atomic E-state index is 12.1. The van der Waals surface area contributed by atoms with E-state index in [0.717, 1.165) is 18.5 Å². The van der Waals surface area contributed by atoms with Crippen LogP contribution < -0.4 is 5.32 Å². The largest absolute Gasteiger partial charge is 0.467 e. The molecule has 0 saturated heterocycles. The van der Waals surface area contributed by atoms with Gasteiger partial charge in [0.15, 0.2) is 0 Å². The van der Waals surface area contributed by atoms with Crippen LogP contribution in [0.3, 0.4) is 0 Å². The van der Waals surface area contributed by atoms with Crippen molar-refractivity contribution < 1.29 is 9.53 Å². The standard InChI is InChI=1S/C17H23NO2/c1-12-9-13(2)11-14(10-12)16(17(19)20-3)18-15-7-5-4-6-8-15/h4-9,12,14,16,18H,10-11H2,1-3H3. The van der Waals surface area contributed by atoms with E-state index in [9.17, 15) is 4.79 Å². The van der Waals surface area contributed by atoms with Gasteiger partial charge in [0.2, 0.25) is 0 Å². The van der Waals surface area contributed by atoms with Gasteiger partial charge < -0.3 is 10.1 Å². The molecule has 0 aliphatic heterocycles. The molecule has 0 fully saturated rings. The number of para-hydroxylation sites is 1. The van der Waals surface area contributed by atoms with E-state index in [0.29, 0.717) is 5.92 Å². The van der Waals surface area contributed by atoms with Crippen LogP contribution in [0.1, 0.15) is 26.7 Å². The Kier molecular flexibility index (Phi) is 4.83. The zero-order valence-electron chi connectivity index (χ0n) is 12.4. The highest BCUT2D eigenvalue weighted by Gasteiger charge is 2.32. The average molecular weight is 273 g/mol. The Morgan fingerprint density at radius 3 is 2.65 bits per heavy atom. The van der Waals surface area contributed by atoms with E-state index >= 15 is 0 Å². The summed E-state index contributed by atoms with van der Waals surface area (Å²) in [7, 11) is 1.46. The lowest BCUT2D eigenvalue weighted by Crippen LogP contribution is -2.39. The molecular formula is C17H23NO2. The van der Waals surface area contributed by atoms with Crippen LogP contribution in [0.25, 0.3) is 0 Å². The van der Waals surface area contributed by atoms with Crippen molar-refractivity contribution in [2.24, 2.45) is 11.8 Å². The van der Waals surface area contributed by atoms with Crippen molar-refractivity contribution in [3.8, 4) is 0 Å². The van der Waals surface area contributed by atoms with Gasteiger partial charge in [-0.25, -0.2) is 4.79 Å². The summed E-state index contributed by atoms with van der Waals surface area (Å²) in [5.74, 6) is 0.613. The molecule has 108 valence electrons. The number of carbonyl (C=O) groups excluding carboxylic acids is 1. The van der Waals surface area contributed by atoms with Crippen LogP contribution in [-0.4, -0.2) is 19.1 Å². The van der Waals surface area contributed by atoms with Gasteiger partial charge in [-0.1, -0.05) is 36.8 Å². The van der Waals surface area contributed by atoms with Crippen LogP contribution >= 0.6 is 0 Å². The van der Waals surface area contributed by atoms with Crippen molar-refractivity contribution in [1.82, 2.24) is 0 Å². The smallest absolute Gasteiger partial charge is 0.328 e. The maximum Gasteiger partial charge on any atom is 0.328 e. The van der Waals surface area contributed by atoms with Crippen molar-refractivity contribution in [2.45, 2.75) is 32.7 Å². The molecule has 0 amide bonds. The second-order valence-electron chi connectivity index (χ2n) is 5.70. The molecule has 0 spiro atoms. The van der Waals surface area contributed by atoms with Crippen LogP contribution in [0.15, 0.2) is 42.0 Å². The van der Waals surface area contributed by atoms with Gasteiger partial charge in [-0.05, 0) is 43.7 Å². The van der Waals surface area contributed by atoms with Gasteiger partial charge in [0, 0.05) is 5.69 Å². The molecule has 0 bridgehead atoms. The summed E-state index contributed by atoms with van der Waals surface area (Å²) >= 11 is 0. The summed E-state index contributed by atoms with van der Waals surface area (Å²) in [5, 5.41) is 3.34. The highest BCUT2D eigenvalue weighted by atomic mass is 16.5.